The van der Waals surface area contributed by atoms with E-state index in [0.717, 1.165) is 11.3 Å². The van der Waals surface area contributed by atoms with E-state index >= 15 is 0 Å². The monoisotopic (exact) mass is 209 g/mol. The summed E-state index contributed by atoms with van der Waals surface area (Å²) in [4.78, 5) is 11.4. The molecule has 0 aliphatic rings. The van der Waals surface area contributed by atoms with Gasteiger partial charge < -0.3 is 5.32 Å². The van der Waals surface area contributed by atoms with E-state index in [4.69, 9.17) is 0 Å². The Kier molecular flexibility index (Phi) is 4.03. The maximum Gasteiger partial charge on any atom is 0.268 e. The van der Waals surface area contributed by atoms with Crippen LogP contribution in [0.5, 0.6) is 0 Å². The lowest BCUT2D eigenvalue weighted by Crippen LogP contribution is -2.27. The molecule has 1 aromatic rings. The van der Waals surface area contributed by atoms with Crippen molar-refractivity contribution in [1.29, 1.82) is 0 Å². The fourth-order valence-electron chi connectivity index (χ4n) is 1.20. The zero-order valence-electron chi connectivity index (χ0n) is 9.79. The number of nitrogens with zero attached hydrogens (tertiary/aromatic N) is 1. The van der Waals surface area contributed by atoms with Gasteiger partial charge in [-0.3, -0.25) is 4.79 Å². The molecule has 4 heteroatoms. The summed E-state index contributed by atoms with van der Waals surface area (Å²) in [7, 11) is 0. The molecule has 0 aliphatic heterocycles. The third-order valence-electron chi connectivity index (χ3n) is 2.19. The summed E-state index contributed by atoms with van der Waals surface area (Å²) in [6, 6.07) is 2.25. The summed E-state index contributed by atoms with van der Waals surface area (Å²) >= 11 is 0. The average molecular weight is 209 g/mol. The zero-order valence-corrected chi connectivity index (χ0v) is 9.79. The van der Waals surface area contributed by atoms with Gasteiger partial charge in [-0.2, -0.15) is 5.10 Å². The Morgan fingerprint density at radius 1 is 1.40 bits per heavy atom. The Bertz CT molecular complexity index is 368. The van der Waals surface area contributed by atoms with Gasteiger partial charge in [-0.05, 0) is 12.0 Å². The molecule has 0 spiro atoms. The SMILES string of the molecule is CC(C)NCc1cc(C(C)C)n[nH]c1=O. The normalized spacial score (nSPS) is 11.3. The van der Waals surface area contributed by atoms with Gasteiger partial charge in [-0.15, -0.1) is 0 Å². The van der Waals surface area contributed by atoms with Crippen LogP contribution in [0.15, 0.2) is 10.9 Å². The number of aromatic nitrogens is 2. The van der Waals surface area contributed by atoms with Crippen LogP contribution in [0.1, 0.15) is 44.9 Å². The quantitative estimate of drug-likeness (QED) is 0.788. The second-order valence-corrected chi connectivity index (χ2v) is 4.34. The van der Waals surface area contributed by atoms with Crippen LogP contribution in [-0.2, 0) is 6.54 Å². The highest BCUT2D eigenvalue weighted by atomic mass is 16.1. The Hall–Kier alpha value is -1.16. The molecule has 2 N–H and O–H groups in total. The van der Waals surface area contributed by atoms with Crippen LogP contribution in [0, 0.1) is 0 Å². The first-order chi connectivity index (χ1) is 7.00. The number of hydrogen-bond donors (Lipinski definition) is 2. The van der Waals surface area contributed by atoms with Crippen molar-refractivity contribution in [3.63, 3.8) is 0 Å². The molecule has 15 heavy (non-hydrogen) atoms. The first-order valence-corrected chi connectivity index (χ1v) is 5.32. The second-order valence-electron chi connectivity index (χ2n) is 4.34. The van der Waals surface area contributed by atoms with Crippen LogP contribution in [-0.4, -0.2) is 16.2 Å². The molecule has 0 fully saturated rings. The van der Waals surface area contributed by atoms with E-state index in [2.05, 4.69) is 43.2 Å². The van der Waals surface area contributed by atoms with Gasteiger partial charge >= 0.3 is 0 Å². The molecule has 84 valence electrons. The van der Waals surface area contributed by atoms with E-state index in [1.807, 2.05) is 6.07 Å². The maximum absolute atomic E-state index is 11.4. The molecule has 1 aromatic heterocycles. The standard InChI is InChI=1S/C11H19N3O/c1-7(2)10-5-9(6-12-8(3)4)11(15)14-13-10/h5,7-8,12H,6H2,1-4H3,(H,14,15). The lowest BCUT2D eigenvalue weighted by molar-refractivity contribution is 0.582. The van der Waals surface area contributed by atoms with E-state index in [9.17, 15) is 4.79 Å². The highest BCUT2D eigenvalue weighted by molar-refractivity contribution is 5.15. The highest BCUT2D eigenvalue weighted by Gasteiger charge is 2.06. The van der Waals surface area contributed by atoms with Gasteiger partial charge in [0.25, 0.3) is 5.56 Å². The van der Waals surface area contributed by atoms with Crippen molar-refractivity contribution in [1.82, 2.24) is 15.5 Å². The number of H-pyrrole nitrogens is 1. The van der Waals surface area contributed by atoms with E-state index in [0.29, 0.717) is 18.5 Å². The van der Waals surface area contributed by atoms with Gasteiger partial charge in [0.15, 0.2) is 0 Å². The van der Waals surface area contributed by atoms with Crippen molar-refractivity contribution < 1.29 is 0 Å². The fourth-order valence-corrected chi connectivity index (χ4v) is 1.20. The molecule has 0 saturated heterocycles. The molecule has 0 amide bonds. The van der Waals surface area contributed by atoms with E-state index < -0.39 is 0 Å². The predicted octanol–water partition coefficient (Wildman–Crippen LogP) is 1.39. The van der Waals surface area contributed by atoms with Crippen LogP contribution in [0.25, 0.3) is 0 Å². The van der Waals surface area contributed by atoms with Crippen molar-refractivity contribution in [2.75, 3.05) is 0 Å². The summed E-state index contributed by atoms with van der Waals surface area (Å²) < 4.78 is 0. The lowest BCUT2D eigenvalue weighted by Gasteiger charge is -2.09. The number of rotatable bonds is 4. The third-order valence-corrected chi connectivity index (χ3v) is 2.19. The summed E-state index contributed by atoms with van der Waals surface area (Å²) in [6.45, 7) is 8.81. The minimum atomic E-state index is -0.104. The molecule has 0 aromatic carbocycles. The number of aromatic amines is 1. The van der Waals surface area contributed by atoms with Gasteiger partial charge in [-0.25, -0.2) is 5.10 Å². The van der Waals surface area contributed by atoms with Gasteiger partial charge in [0.2, 0.25) is 0 Å². The van der Waals surface area contributed by atoms with Crippen LogP contribution in [0.2, 0.25) is 0 Å². The van der Waals surface area contributed by atoms with Gasteiger partial charge in [0, 0.05) is 18.2 Å². The van der Waals surface area contributed by atoms with E-state index in [1.54, 1.807) is 0 Å². The third kappa shape index (κ3) is 3.47. The van der Waals surface area contributed by atoms with Gasteiger partial charge in [-0.1, -0.05) is 27.7 Å². The van der Waals surface area contributed by atoms with Crippen molar-refractivity contribution in [2.24, 2.45) is 0 Å². The first-order valence-electron chi connectivity index (χ1n) is 5.32. The number of nitrogens with one attached hydrogen (secondary N) is 2. The second kappa shape index (κ2) is 5.07. The van der Waals surface area contributed by atoms with E-state index in [1.165, 1.54) is 0 Å². The Labute approximate surface area is 90.1 Å². The summed E-state index contributed by atoms with van der Waals surface area (Å²) in [5.41, 5.74) is 1.57. The topological polar surface area (TPSA) is 57.8 Å². The molecule has 0 radical (unpaired) electrons. The molecule has 0 aliphatic carbocycles. The van der Waals surface area contributed by atoms with Crippen molar-refractivity contribution in [3.05, 3.63) is 27.7 Å². The predicted molar refractivity (Wildman–Crippen MR) is 60.9 cm³/mol. The lowest BCUT2D eigenvalue weighted by atomic mass is 10.1. The molecule has 0 bridgehead atoms. The van der Waals surface area contributed by atoms with Crippen LogP contribution in [0.3, 0.4) is 0 Å². The van der Waals surface area contributed by atoms with Crippen molar-refractivity contribution in [2.45, 2.75) is 46.2 Å². The molecule has 1 rings (SSSR count). The Morgan fingerprint density at radius 3 is 2.60 bits per heavy atom. The molecule has 0 atom stereocenters. The molecular formula is C11H19N3O. The van der Waals surface area contributed by atoms with Crippen LogP contribution < -0.4 is 10.9 Å². The number of hydrogen-bond acceptors (Lipinski definition) is 3. The fraction of sp³-hybridized carbons (Fsp3) is 0.636. The smallest absolute Gasteiger partial charge is 0.268 e. The molecule has 4 nitrogen and oxygen atoms in total. The van der Waals surface area contributed by atoms with Gasteiger partial charge in [0.05, 0.1) is 5.69 Å². The summed E-state index contributed by atoms with van der Waals surface area (Å²) in [6.07, 6.45) is 0. The van der Waals surface area contributed by atoms with Crippen molar-refractivity contribution in [3.8, 4) is 0 Å². The summed E-state index contributed by atoms with van der Waals surface area (Å²) in [5, 5.41) is 9.75. The van der Waals surface area contributed by atoms with Crippen LogP contribution >= 0.6 is 0 Å². The summed E-state index contributed by atoms with van der Waals surface area (Å²) in [5.74, 6) is 0.333. The minimum Gasteiger partial charge on any atom is -0.310 e. The first kappa shape index (κ1) is 11.9. The minimum absolute atomic E-state index is 0.104. The van der Waals surface area contributed by atoms with Crippen molar-refractivity contribution >= 4 is 0 Å². The Morgan fingerprint density at radius 2 is 2.07 bits per heavy atom. The molecular weight excluding hydrogens is 190 g/mol. The van der Waals surface area contributed by atoms with E-state index in [-0.39, 0.29) is 5.56 Å². The largest absolute Gasteiger partial charge is 0.310 e. The van der Waals surface area contributed by atoms with Crippen LogP contribution in [0.4, 0.5) is 0 Å². The average Bonchev–Trinajstić information content (AvgIpc) is 2.16. The van der Waals surface area contributed by atoms with Gasteiger partial charge in [0.1, 0.15) is 0 Å². The zero-order chi connectivity index (χ0) is 11.4. The maximum atomic E-state index is 11.4. The molecule has 1 heterocycles. The Balaban J connectivity index is 2.86. The molecule has 0 unspecified atom stereocenters. The molecule has 0 saturated carbocycles. The highest BCUT2D eigenvalue weighted by Crippen LogP contribution is 2.09.